The van der Waals surface area contributed by atoms with Gasteiger partial charge in [0.15, 0.2) is 6.61 Å². The molecule has 1 fully saturated rings. The Balaban J connectivity index is 1.56. The summed E-state index contributed by atoms with van der Waals surface area (Å²) in [5, 5.41) is 15.1. The van der Waals surface area contributed by atoms with Gasteiger partial charge in [-0.1, -0.05) is 12.1 Å². The topological polar surface area (TPSA) is 104 Å². The molecule has 3 rings (SSSR count). The maximum atomic E-state index is 12.4. The van der Waals surface area contributed by atoms with Crippen LogP contribution in [0.2, 0.25) is 0 Å². The van der Waals surface area contributed by atoms with Gasteiger partial charge < -0.3 is 19.8 Å². The van der Waals surface area contributed by atoms with Crippen molar-refractivity contribution in [2.45, 2.75) is 31.8 Å². The lowest BCUT2D eigenvalue weighted by Gasteiger charge is -2.22. The summed E-state index contributed by atoms with van der Waals surface area (Å²) < 4.78 is 10.4. The SMILES string of the molecule is C[C@](C#N)(NC(=O)COC(=O)c1ccccc1NCc1ccco1)C1CC1. The Hall–Kier alpha value is -3.27. The molecule has 1 amide bonds. The fourth-order valence-corrected chi connectivity index (χ4v) is 2.83. The van der Waals surface area contributed by atoms with Gasteiger partial charge >= 0.3 is 5.97 Å². The van der Waals surface area contributed by atoms with E-state index in [1.165, 1.54) is 0 Å². The van der Waals surface area contributed by atoms with Crippen LogP contribution in [0.15, 0.2) is 47.1 Å². The molecule has 7 heteroatoms. The predicted octanol–water partition coefficient (Wildman–Crippen LogP) is 2.86. The Morgan fingerprint density at radius 2 is 2.07 bits per heavy atom. The van der Waals surface area contributed by atoms with E-state index >= 15 is 0 Å². The Morgan fingerprint density at radius 3 is 2.74 bits per heavy atom. The number of para-hydroxylation sites is 1. The summed E-state index contributed by atoms with van der Waals surface area (Å²) in [7, 11) is 0. The Kier molecular flexibility index (Phi) is 5.46. The van der Waals surface area contributed by atoms with Gasteiger partial charge in [0.1, 0.15) is 11.3 Å². The third-order valence-corrected chi connectivity index (χ3v) is 4.54. The molecule has 1 heterocycles. The van der Waals surface area contributed by atoms with E-state index in [1.807, 2.05) is 6.07 Å². The molecule has 1 aliphatic rings. The number of hydrogen-bond acceptors (Lipinski definition) is 6. The summed E-state index contributed by atoms with van der Waals surface area (Å²) >= 11 is 0. The fraction of sp³-hybridized carbons (Fsp3) is 0.350. The molecule has 7 nitrogen and oxygen atoms in total. The van der Waals surface area contributed by atoms with Crippen LogP contribution in [-0.4, -0.2) is 24.0 Å². The van der Waals surface area contributed by atoms with Crippen molar-refractivity contribution in [2.24, 2.45) is 5.92 Å². The Morgan fingerprint density at radius 1 is 1.30 bits per heavy atom. The molecule has 1 aromatic heterocycles. The summed E-state index contributed by atoms with van der Waals surface area (Å²) in [6.07, 6.45) is 3.41. The largest absolute Gasteiger partial charge is 0.467 e. The number of nitrogens with zero attached hydrogens (tertiary/aromatic N) is 1. The molecule has 0 saturated heterocycles. The highest BCUT2D eigenvalue weighted by Gasteiger charge is 2.43. The van der Waals surface area contributed by atoms with Crippen molar-refractivity contribution in [3.05, 3.63) is 54.0 Å². The van der Waals surface area contributed by atoms with Crippen molar-refractivity contribution in [3.63, 3.8) is 0 Å². The van der Waals surface area contributed by atoms with Crippen molar-refractivity contribution in [3.8, 4) is 6.07 Å². The smallest absolute Gasteiger partial charge is 0.340 e. The monoisotopic (exact) mass is 367 g/mol. The van der Waals surface area contributed by atoms with Crippen molar-refractivity contribution in [1.29, 1.82) is 5.26 Å². The molecule has 140 valence electrons. The van der Waals surface area contributed by atoms with Crippen molar-refractivity contribution < 1.29 is 18.7 Å². The van der Waals surface area contributed by atoms with Crippen LogP contribution < -0.4 is 10.6 Å². The van der Waals surface area contributed by atoms with Crippen LogP contribution in [0.1, 0.15) is 35.9 Å². The number of ether oxygens (including phenoxy) is 1. The Bertz CT molecular complexity index is 852. The maximum absolute atomic E-state index is 12.4. The maximum Gasteiger partial charge on any atom is 0.340 e. The summed E-state index contributed by atoms with van der Waals surface area (Å²) in [5.41, 5.74) is -0.00679. The zero-order chi connectivity index (χ0) is 19.3. The number of anilines is 1. The van der Waals surface area contributed by atoms with Gasteiger partial charge in [-0.25, -0.2) is 4.79 Å². The van der Waals surface area contributed by atoms with Gasteiger partial charge in [-0.2, -0.15) is 5.26 Å². The number of hydrogen-bond donors (Lipinski definition) is 2. The van der Waals surface area contributed by atoms with E-state index in [0.717, 1.165) is 18.6 Å². The summed E-state index contributed by atoms with van der Waals surface area (Å²) in [6, 6.07) is 12.6. The Labute approximate surface area is 157 Å². The molecule has 1 saturated carbocycles. The molecule has 0 bridgehead atoms. The normalized spacial score (nSPS) is 15.3. The highest BCUT2D eigenvalue weighted by Crippen LogP contribution is 2.39. The minimum absolute atomic E-state index is 0.161. The number of furan rings is 1. The zero-order valence-corrected chi connectivity index (χ0v) is 15.0. The van der Waals surface area contributed by atoms with Crippen LogP contribution in [0.25, 0.3) is 0 Å². The summed E-state index contributed by atoms with van der Waals surface area (Å²) in [4.78, 5) is 24.5. The molecule has 1 aromatic carbocycles. The average molecular weight is 367 g/mol. The van der Waals surface area contributed by atoms with Crippen LogP contribution in [0, 0.1) is 17.2 Å². The van der Waals surface area contributed by atoms with Crippen LogP contribution in [0.4, 0.5) is 5.69 Å². The standard InChI is InChI=1S/C20H21N3O4/c1-20(13-21,14-8-9-14)23-18(24)12-27-19(25)16-6-2-3-7-17(16)22-11-15-5-4-10-26-15/h2-7,10,14,22H,8-9,11-12H2,1H3,(H,23,24)/t20-/m1/s1. The van der Waals surface area contributed by atoms with E-state index in [2.05, 4.69) is 16.7 Å². The number of nitriles is 1. The molecule has 0 spiro atoms. The van der Waals surface area contributed by atoms with Crippen molar-refractivity contribution in [1.82, 2.24) is 5.32 Å². The van der Waals surface area contributed by atoms with E-state index in [1.54, 1.807) is 43.5 Å². The molecular formula is C20H21N3O4. The second kappa shape index (κ2) is 7.96. The van der Waals surface area contributed by atoms with Crippen LogP contribution in [0.5, 0.6) is 0 Å². The van der Waals surface area contributed by atoms with Gasteiger partial charge in [0.25, 0.3) is 5.91 Å². The first-order chi connectivity index (χ1) is 13.0. The molecule has 0 radical (unpaired) electrons. The average Bonchev–Trinajstić information content (AvgIpc) is 3.42. The first kappa shape index (κ1) is 18.5. The quantitative estimate of drug-likeness (QED) is 0.695. The van der Waals surface area contributed by atoms with E-state index in [9.17, 15) is 14.9 Å². The molecule has 0 aliphatic heterocycles. The first-order valence-corrected chi connectivity index (χ1v) is 8.76. The third-order valence-electron chi connectivity index (χ3n) is 4.54. The van der Waals surface area contributed by atoms with Gasteiger partial charge in [0.2, 0.25) is 0 Å². The van der Waals surface area contributed by atoms with Crippen molar-refractivity contribution >= 4 is 17.6 Å². The van der Waals surface area contributed by atoms with E-state index in [-0.39, 0.29) is 5.92 Å². The number of rotatable bonds is 8. The molecule has 2 N–H and O–H groups in total. The minimum atomic E-state index is -0.911. The van der Waals surface area contributed by atoms with E-state index < -0.39 is 24.0 Å². The number of carbonyl (C=O) groups excluding carboxylic acids is 2. The van der Waals surface area contributed by atoms with Gasteiger partial charge in [0.05, 0.1) is 24.4 Å². The van der Waals surface area contributed by atoms with Gasteiger partial charge in [-0.15, -0.1) is 0 Å². The predicted molar refractivity (Wildman–Crippen MR) is 97.6 cm³/mol. The van der Waals surface area contributed by atoms with Crippen molar-refractivity contribution in [2.75, 3.05) is 11.9 Å². The van der Waals surface area contributed by atoms with E-state index in [4.69, 9.17) is 9.15 Å². The molecule has 1 atom stereocenters. The number of benzene rings is 1. The molecule has 27 heavy (non-hydrogen) atoms. The molecular weight excluding hydrogens is 346 g/mol. The lowest BCUT2D eigenvalue weighted by atomic mass is 9.98. The second-order valence-electron chi connectivity index (χ2n) is 6.69. The van der Waals surface area contributed by atoms with Gasteiger partial charge in [0, 0.05) is 5.69 Å². The minimum Gasteiger partial charge on any atom is -0.467 e. The fourth-order valence-electron chi connectivity index (χ4n) is 2.83. The van der Waals surface area contributed by atoms with Gasteiger partial charge in [-0.05, 0) is 49.9 Å². The molecule has 1 aliphatic carbocycles. The van der Waals surface area contributed by atoms with Crippen LogP contribution >= 0.6 is 0 Å². The second-order valence-corrected chi connectivity index (χ2v) is 6.69. The summed E-state index contributed by atoms with van der Waals surface area (Å²) in [5.74, 6) is -0.208. The third kappa shape index (κ3) is 4.67. The van der Waals surface area contributed by atoms with Gasteiger partial charge in [-0.3, -0.25) is 4.79 Å². The molecule has 0 unspecified atom stereocenters. The van der Waals surface area contributed by atoms with E-state index in [0.29, 0.717) is 17.8 Å². The highest BCUT2D eigenvalue weighted by atomic mass is 16.5. The zero-order valence-electron chi connectivity index (χ0n) is 15.0. The van der Waals surface area contributed by atoms with Crippen LogP contribution in [0.3, 0.4) is 0 Å². The lowest BCUT2D eigenvalue weighted by Crippen LogP contribution is -2.48. The molecule has 2 aromatic rings. The lowest BCUT2D eigenvalue weighted by molar-refractivity contribution is -0.125. The summed E-state index contributed by atoms with van der Waals surface area (Å²) in [6.45, 7) is 1.67. The number of nitrogens with one attached hydrogen (secondary N) is 2. The highest BCUT2D eigenvalue weighted by molar-refractivity contribution is 5.96. The number of carbonyl (C=O) groups is 2. The first-order valence-electron chi connectivity index (χ1n) is 8.76. The number of amides is 1. The van der Waals surface area contributed by atoms with Crippen LogP contribution in [-0.2, 0) is 16.1 Å². The number of esters is 1.